The van der Waals surface area contributed by atoms with Gasteiger partial charge < -0.3 is 16.0 Å². The van der Waals surface area contributed by atoms with Crippen molar-refractivity contribution in [3.8, 4) is 0 Å². The fourth-order valence-corrected chi connectivity index (χ4v) is 2.40. The minimum absolute atomic E-state index is 0.211. The molecule has 0 aromatic rings. The van der Waals surface area contributed by atoms with E-state index in [1.807, 2.05) is 0 Å². The van der Waals surface area contributed by atoms with Crippen LogP contribution in [0.3, 0.4) is 0 Å². The zero-order chi connectivity index (χ0) is 19.4. The molecule has 0 heterocycles. The summed E-state index contributed by atoms with van der Waals surface area (Å²) in [5, 5.41) is 34.7. The Morgan fingerprint density at radius 2 is 1.28 bits per heavy atom. The minimum Gasteiger partial charge on any atom is -0.564 e. The first-order valence-electron chi connectivity index (χ1n) is 9.80. The zero-order valence-corrected chi connectivity index (χ0v) is 16.0. The maximum atomic E-state index is 10.3. The normalized spacial score (nSPS) is 11.1. The molecule has 0 rings (SSSR count). The van der Waals surface area contributed by atoms with Gasteiger partial charge in [0.25, 0.3) is 0 Å². The van der Waals surface area contributed by atoms with Gasteiger partial charge in [0.15, 0.2) is 0 Å². The molecule has 0 bridgehead atoms. The quantitative estimate of drug-likeness (QED) is 0.180. The Kier molecular flexibility index (Phi) is 20.8. The molecule has 0 atom stereocenters. The lowest BCUT2D eigenvalue weighted by Crippen LogP contribution is -2.35. The summed E-state index contributed by atoms with van der Waals surface area (Å²) in [6.45, 7) is 2.51. The summed E-state index contributed by atoms with van der Waals surface area (Å²) in [4.78, 5) is 8.07. The molecule has 25 heavy (non-hydrogen) atoms. The summed E-state index contributed by atoms with van der Waals surface area (Å²) in [5.41, 5.74) is 5.09. The molecular formula is C18H40N2O5. The van der Waals surface area contributed by atoms with Crippen LogP contribution in [0.5, 0.6) is 0 Å². The fraction of sp³-hybridized carbons (Fsp3) is 0.944. The highest BCUT2D eigenvalue weighted by molar-refractivity contribution is 5.66. The highest BCUT2D eigenvalue weighted by Gasteiger charge is 2.06. The fourth-order valence-electron chi connectivity index (χ4n) is 2.40. The largest absolute Gasteiger partial charge is 0.564 e. The van der Waals surface area contributed by atoms with E-state index in [9.17, 15) is 10.0 Å². The maximum absolute atomic E-state index is 10.3. The number of nitrogens with two attached hydrogens (primary N) is 1. The first kappa shape index (κ1) is 26.5. The summed E-state index contributed by atoms with van der Waals surface area (Å²) in [6, 6.07) is 0. The molecule has 0 fully saturated rings. The number of hydroxylamine groups is 3. The molecule has 0 aromatic heterocycles. The van der Waals surface area contributed by atoms with E-state index < -0.39 is 10.9 Å². The number of carboxylic acids is 1. The van der Waals surface area contributed by atoms with Crippen LogP contribution in [0.25, 0.3) is 0 Å². The average Bonchev–Trinajstić information content (AvgIpc) is 2.52. The van der Waals surface area contributed by atoms with E-state index in [1.54, 1.807) is 0 Å². The van der Waals surface area contributed by atoms with Gasteiger partial charge in [-0.1, -0.05) is 76.1 Å². The highest BCUT2D eigenvalue weighted by Crippen LogP contribution is 2.11. The number of hydrogen-bond acceptors (Lipinski definition) is 5. The molecule has 0 spiro atoms. The second-order valence-electron chi connectivity index (χ2n) is 6.56. The molecule has 0 unspecified atom stereocenters. The summed E-state index contributed by atoms with van der Waals surface area (Å²) in [7, 11) is 0. The first-order valence-corrected chi connectivity index (χ1v) is 9.80. The zero-order valence-electron chi connectivity index (χ0n) is 16.0. The third-order valence-electron chi connectivity index (χ3n) is 3.90. The number of aliphatic carboxylic acids is 1. The van der Waals surface area contributed by atoms with Crippen LogP contribution < -0.4 is 5.73 Å². The molecular weight excluding hydrogens is 324 g/mol. The average molecular weight is 365 g/mol. The van der Waals surface area contributed by atoms with Gasteiger partial charge in [0, 0.05) is 12.8 Å². The van der Waals surface area contributed by atoms with Crippen molar-refractivity contribution in [2.75, 3.05) is 13.1 Å². The van der Waals surface area contributed by atoms with Crippen LogP contribution in [0.4, 0.5) is 0 Å². The van der Waals surface area contributed by atoms with Gasteiger partial charge in [-0.05, 0) is 19.4 Å². The van der Waals surface area contributed by atoms with Crippen molar-refractivity contribution in [3.05, 3.63) is 5.21 Å². The molecule has 0 radical (unpaired) electrons. The van der Waals surface area contributed by atoms with Crippen LogP contribution in [0, 0.1) is 5.21 Å². The van der Waals surface area contributed by atoms with Crippen molar-refractivity contribution in [1.82, 2.24) is 0 Å². The van der Waals surface area contributed by atoms with E-state index in [4.69, 9.17) is 21.3 Å². The van der Waals surface area contributed by atoms with Gasteiger partial charge in [-0.15, -0.1) is 0 Å². The lowest BCUT2D eigenvalue weighted by Gasteiger charge is -2.22. The highest BCUT2D eigenvalue weighted by atomic mass is 17.1. The van der Waals surface area contributed by atoms with Crippen molar-refractivity contribution in [2.24, 2.45) is 5.73 Å². The number of carbonyl (C=O) groups is 1. The second-order valence-corrected chi connectivity index (χ2v) is 6.56. The monoisotopic (exact) mass is 364 g/mol. The maximum Gasteiger partial charge on any atom is 0.303 e. The number of quaternary nitrogens is 1. The topological polar surface area (TPSA) is 127 Å². The number of rotatable bonds is 16. The van der Waals surface area contributed by atoms with Crippen LogP contribution in [0.2, 0.25) is 0 Å². The van der Waals surface area contributed by atoms with Crippen LogP contribution in [-0.2, 0) is 4.79 Å². The van der Waals surface area contributed by atoms with Crippen LogP contribution >= 0.6 is 0 Å². The first-order chi connectivity index (χ1) is 11.8. The number of unbranched alkanes of at least 4 members (excludes halogenated alkanes) is 11. The third kappa shape index (κ3) is 31.5. The molecule has 0 aliphatic heterocycles. The van der Waals surface area contributed by atoms with Gasteiger partial charge in [-0.3, -0.25) is 4.79 Å². The summed E-state index contributed by atoms with van der Waals surface area (Å²) in [5.74, 6) is -0.657. The molecule has 0 saturated carbocycles. The molecule has 7 heteroatoms. The van der Waals surface area contributed by atoms with Gasteiger partial charge in [0.05, 0.1) is 0 Å². The van der Waals surface area contributed by atoms with E-state index in [-0.39, 0.29) is 6.54 Å². The Morgan fingerprint density at radius 1 is 0.840 bits per heavy atom. The SMILES string of the molecule is CCCCCCCCCCCCCC(=O)O.NCCCC[N+]([O-])(O)O. The summed E-state index contributed by atoms with van der Waals surface area (Å²) in [6.07, 6.45) is 15.4. The van der Waals surface area contributed by atoms with Gasteiger partial charge in [-0.25, -0.2) is 0 Å². The lowest BCUT2D eigenvalue weighted by molar-refractivity contribution is -1.21. The number of carboxylic acid groups (broad SMARTS) is 1. The predicted octanol–water partition coefficient (Wildman–Crippen LogP) is 4.59. The van der Waals surface area contributed by atoms with E-state index in [0.29, 0.717) is 25.8 Å². The Hall–Kier alpha value is -0.730. The Morgan fingerprint density at radius 3 is 1.64 bits per heavy atom. The molecule has 0 aliphatic carbocycles. The molecule has 0 saturated heterocycles. The number of nitrogens with zero attached hydrogens (tertiary/aromatic N) is 1. The van der Waals surface area contributed by atoms with Crippen molar-refractivity contribution in [1.29, 1.82) is 0 Å². The van der Waals surface area contributed by atoms with Gasteiger partial charge >= 0.3 is 5.97 Å². The summed E-state index contributed by atoms with van der Waals surface area (Å²) >= 11 is 0. The number of hydrogen-bond donors (Lipinski definition) is 4. The molecule has 152 valence electrons. The van der Waals surface area contributed by atoms with Crippen LogP contribution in [0.15, 0.2) is 0 Å². The summed E-state index contributed by atoms with van der Waals surface area (Å²) < 4.78 is 0. The van der Waals surface area contributed by atoms with E-state index in [1.165, 1.54) is 57.8 Å². The Balaban J connectivity index is 0. The molecule has 0 aromatic carbocycles. The van der Waals surface area contributed by atoms with Crippen LogP contribution in [0.1, 0.15) is 96.8 Å². The van der Waals surface area contributed by atoms with E-state index in [2.05, 4.69) is 6.92 Å². The van der Waals surface area contributed by atoms with Gasteiger partial charge in [0.1, 0.15) is 6.54 Å². The van der Waals surface area contributed by atoms with Crippen molar-refractivity contribution < 1.29 is 25.3 Å². The molecule has 5 N–H and O–H groups in total. The molecule has 7 nitrogen and oxygen atoms in total. The Bertz CT molecular complexity index is 283. The lowest BCUT2D eigenvalue weighted by atomic mass is 10.1. The second kappa shape index (κ2) is 19.6. The van der Waals surface area contributed by atoms with Gasteiger partial charge in [-0.2, -0.15) is 10.4 Å². The third-order valence-corrected chi connectivity index (χ3v) is 3.90. The predicted molar refractivity (Wildman–Crippen MR) is 99.1 cm³/mol. The van der Waals surface area contributed by atoms with Crippen LogP contribution in [-0.4, -0.2) is 39.6 Å². The molecule has 0 aliphatic rings. The van der Waals surface area contributed by atoms with E-state index >= 15 is 0 Å². The standard InChI is InChI=1S/C14H28O2.C4H12N2O3/c1-2-3-4-5-6-7-8-9-10-11-12-13-14(15)16;5-3-1-2-4-6(7,8)9/h2-13H2,1H3,(H,15,16);7-8H,1-5H2. The van der Waals surface area contributed by atoms with Crippen molar-refractivity contribution in [3.63, 3.8) is 0 Å². The minimum atomic E-state index is -2.19. The molecule has 0 amide bonds. The van der Waals surface area contributed by atoms with Crippen molar-refractivity contribution in [2.45, 2.75) is 96.8 Å². The Labute approximate surface area is 152 Å². The smallest absolute Gasteiger partial charge is 0.303 e. The van der Waals surface area contributed by atoms with Gasteiger partial charge in [0.2, 0.25) is 0 Å². The van der Waals surface area contributed by atoms with E-state index in [0.717, 1.165) is 12.8 Å². The van der Waals surface area contributed by atoms with Crippen molar-refractivity contribution >= 4 is 5.97 Å².